The Kier molecular flexibility index (Phi) is 3.03. The standard InChI is InChI=1S/C10H13N3S/c11-10-13-9(7-14-10)2-1-8-3-5-12-6-4-8/h3-6,9H,1-2,7H2,(H2,11,13)/t9-/m1/s1. The summed E-state index contributed by atoms with van der Waals surface area (Å²) in [6, 6.07) is 4.51. The zero-order valence-electron chi connectivity index (χ0n) is 7.89. The van der Waals surface area contributed by atoms with Crippen molar-refractivity contribution in [3.8, 4) is 0 Å². The molecule has 1 aromatic heterocycles. The normalized spacial score (nSPS) is 20.9. The molecular weight excluding hydrogens is 194 g/mol. The Hall–Kier alpha value is -1.03. The first-order chi connectivity index (χ1) is 6.84. The lowest BCUT2D eigenvalue weighted by molar-refractivity contribution is 0.684. The van der Waals surface area contributed by atoms with Gasteiger partial charge in [-0.2, -0.15) is 0 Å². The fourth-order valence-corrected chi connectivity index (χ4v) is 2.29. The highest BCUT2D eigenvalue weighted by molar-refractivity contribution is 8.14. The van der Waals surface area contributed by atoms with E-state index >= 15 is 0 Å². The van der Waals surface area contributed by atoms with Crippen molar-refractivity contribution in [2.24, 2.45) is 10.7 Å². The van der Waals surface area contributed by atoms with Gasteiger partial charge in [0.15, 0.2) is 5.17 Å². The molecule has 0 spiro atoms. The number of aromatic nitrogens is 1. The van der Waals surface area contributed by atoms with Crippen molar-refractivity contribution < 1.29 is 0 Å². The molecule has 0 aliphatic carbocycles. The number of nitrogens with two attached hydrogens (primary N) is 1. The molecule has 0 bridgehead atoms. The van der Waals surface area contributed by atoms with Gasteiger partial charge in [-0.25, -0.2) is 0 Å². The molecule has 0 aromatic carbocycles. The Labute approximate surface area is 87.8 Å². The lowest BCUT2D eigenvalue weighted by atomic mass is 10.1. The molecule has 14 heavy (non-hydrogen) atoms. The molecule has 1 aliphatic heterocycles. The number of aryl methyl sites for hydroxylation is 1. The topological polar surface area (TPSA) is 51.3 Å². The van der Waals surface area contributed by atoms with E-state index in [-0.39, 0.29) is 0 Å². The third kappa shape index (κ3) is 2.48. The van der Waals surface area contributed by atoms with Crippen LogP contribution >= 0.6 is 11.8 Å². The number of rotatable bonds is 3. The molecule has 0 amide bonds. The molecular formula is C10H13N3S. The predicted octanol–water partition coefficient (Wildman–Crippen LogP) is 1.44. The van der Waals surface area contributed by atoms with Crippen LogP contribution in [-0.2, 0) is 6.42 Å². The first kappa shape index (κ1) is 9.52. The summed E-state index contributed by atoms with van der Waals surface area (Å²) in [4.78, 5) is 8.33. The van der Waals surface area contributed by atoms with Gasteiger partial charge in [0.2, 0.25) is 0 Å². The van der Waals surface area contributed by atoms with Crippen molar-refractivity contribution in [1.82, 2.24) is 4.98 Å². The molecule has 74 valence electrons. The lowest BCUT2D eigenvalue weighted by Crippen LogP contribution is -2.06. The summed E-state index contributed by atoms with van der Waals surface area (Å²) in [6.07, 6.45) is 5.80. The summed E-state index contributed by atoms with van der Waals surface area (Å²) < 4.78 is 0. The van der Waals surface area contributed by atoms with E-state index in [2.05, 4.69) is 22.1 Å². The van der Waals surface area contributed by atoms with Gasteiger partial charge in [0.05, 0.1) is 6.04 Å². The quantitative estimate of drug-likeness (QED) is 0.816. The molecule has 1 aromatic rings. The van der Waals surface area contributed by atoms with Crippen LogP contribution in [0, 0.1) is 0 Å². The highest BCUT2D eigenvalue weighted by Gasteiger charge is 2.15. The van der Waals surface area contributed by atoms with Crippen molar-refractivity contribution >= 4 is 16.9 Å². The summed E-state index contributed by atoms with van der Waals surface area (Å²) in [5, 5.41) is 0.740. The summed E-state index contributed by atoms with van der Waals surface area (Å²) in [7, 11) is 0. The molecule has 2 heterocycles. The van der Waals surface area contributed by atoms with Gasteiger partial charge in [-0.05, 0) is 30.5 Å². The molecule has 0 radical (unpaired) electrons. The van der Waals surface area contributed by atoms with Gasteiger partial charge in [-0.15, -0.1) is 0 Å². The van der Waals surface area contributed by atoms with Gasteiger partial charge < -0.3 is 5.73 Å². The van der Waals surface area contributed by atoms with E-state index in [0.29, 0.717) is 6.04 Å². The molecule has 1 atom stereocenters. The zero-order chi connectivity index (χ0) is 9.80. The minimum Gasteiger partial charge on any atom is -0.379 e. The maximum atomic E-state index is 5.60. The third-order valence-electron chi connectivity index (χ3n) is 2.25. The average Bonchev–Trinajstić information content (AvgIpc) is 2.63. The predicted molar refractivity (Wildman–Crippen MR) is 60.4 cm³/mol. The van der Waals surface area contributed by atoms with Gasteiger partial charge in [-0.3, -0.25) is 9.98 Å². The van der Waals surface area contributed by atoms with E-state index in [9.17, 15) is 0 Å². The van der Waals surface area contributed by atoms with Crippen LogP contribution in [0.5, 0.6) is 0 Å². The molecule has 0 saturated heterocycles. The molecule has 2 N–H and O–H groups in total. The second-order valence-corrected chi connectivity index (χ2v) is 4.37. The van der Waals surface area contributed by atoms with E-state index < -0.39 is 0 Å². The molecule has 4 heteroatoms. The summed E-state index contributed by atoms with van der Waals surface area (Å²) >= 11 is 1.66. The SMILES string of the molecule is NC1=N[C@H](CCc2ccncc2)CS1. The van der Waals surface area contributed by atoms with Crippen LogP contribution in [0.4, 0.5) is 0 Å². The minimum atomic E-state index is 0.410. The maximum absolute atomic E-state index is 5.60. The minimum absolute atomic E-state index is 0.410. The van der Waals surface area contributed by atoms with E-state index in [1.54, 1.807) is 11.8 Å². The van der Waals surface area contributed by atoms with Crippen LogP contribution in [0.2, 0.25) is 0 Å². The first-order valence-electron chi connectivity index (χ1n) is 4.69. The van der Waals surface area contributed by atoms with E-state index in [1.165, 1.54) is 5.56 Å². The van der Waals surface area contributed by atoms with E-state index in [0.717, 1.165) is 23.8 Å². The van der Waals surface area contributed by atoms with Crippen LogP contribution in [0.3, 0.4) is 0 Å². The second kappa shape index (κ2) is 4.46. The monoisotopic (exact) mass is 207 g/mol. The van der Waals surface area contributed by atoms with Crippen LogP contribution in [0.15, 0.2) is 29.5 Å². The fraction of sp³-hybridized carbons (Fsp3) is 0.400. The number of thioether (sulfide) groups is 1. The van der Waals surface area contributed by atoms with Crippen LogP contribution in [0.25, 0.3) is 0 Å². The van der Waals surface area contributed by atoms with Gasteiger partial charge in [0, 0.05) is 18.1 Å². The van der Waals surface area contributed by atoms with Crippen molar-refractivity contribution in [3.63, 3.8) is 0 Å². The highest BCUT2D eigenvalue weighted by atomic mass is 32.2. The molecule has 0 saturated carbocycles. The smallest absolute Gasteiger partial charge is 0.154 e. The van der Waals surface area contributed by atoms with Gasteiger partial charge in [0.25, 0.3) is 0 Å². The van der Waals surface area contributed by atoms with Crippen molar-refractivity contribution in [1.29, 1.82) is 0 Å². The summed E-state index contributed by atoms with van der Waals surface area (Å²) in [5.74, 6) is 1.04. The zero-order valence-corrected chi connectivity index (χ0v) is 8.70. The Morgan fingerprint density at radius 3 is 2.86 bits per heavy atom. The van der Waals surface area contributed by atoms with Crippen molar-refractivity contribution in [3.05, 3.63) is 30.1 Å². The van der Waals surface area contributed by atoms with Gasteiger partial charge >= 0.3 is 0 Å². The van der Waals surface area contributed by atoms with Crippen molar-refractivity contribution in [2.75, 3.05) is 5.75 Å². The Morgan fingerprint density at radius 2 is 2.21 bits per heavy atom. The van der Waals surface area contributed by atoms with Crippen LogP contribution < -0.4 is 5.73 Å². The van der Waals surface area contributed by atoms with Gasteiger partial charge in [-0.1, -0.05) is 11.8 Å². The number of pyridine rings is 1. The molecule has 0 unspecified atom stereocenters. The highest BCUT2D eigenvalue weighted by Crippen LogP contribution is 2.18. The first-order valence-corrected chi connectivity index (χ1v) is 5.68. The molecule has 0 fully saturated rings. The Morgan fingerprint density at radius 1 is 1.43 bits per heavy atom. The Bertz CT molecular complexity index is 323. The average molecular weight is 207 g/mol. The molecule has 3 nitrogen and oxygen atoms in total. The Balaban J connectivity index is 1.84. The van der Waals surface area contributed by atoms with E-state index in [4.69, 9.17) is 5.73 Å². The number of nitrogens with zero attached hydrogens (tertiary/aromatic N) is 2. The maximum Gasteiger partial charge on any atom is 0.154 e. The van der Waals surface area contributed by atoms with Crippen LogP contribution in [0.1, 0.15) is 12.0 Å². The van der Waals surface area contributed by atoms with Crippen LogP contribution in [-0.4, -0.2) is 21.9 Å². The van der Waals surface area contributed by atoms with E-state index in [1.807, 2.05) is 12.4 Å². The number of amidine groups is 1. The van der Waals surface area contributed by atoms with Crippen molar-refractivity contribution in [2.45, 2.75) is 18.9 Å². The number of hydrogen-bond acceptors (Lipinski definition) is 4. The lowest BCUT2D eigenvalue weighted by Gasteiger charge is -2.04. The van der Waals surface area contributed by atoms with Gasteiger partial charge in [0.1, 0.15) is 0 Å². The summed E-state index contributed by atoms with van der Waals surface area (Å²) in [5.41, 5.74) is 6.92. The molecule has 2 rings (SSSR count). The number of hydrogen-bond donors (Lipinski definition) is 1. The largest absolute Gasteiger partial charge is 0.379 e. The summed E-state index contributed by atoms with van der Waals surface area (Å²) in [6.45, 7) is 0. The second-order valence-electron chi connectivity index (χ2n) is 3.33. The molecule has 1 aliphatic rings. The third-order valence-corrected chi connectivity index (χ3v) is 3.20. The fourth-order valence-electron chi connectivity index (χ4n) is 1.47. The number of aliphatic imine (C=N–C) groups is 1.